The van der Waals surface area contributed by atoms with Gasteiger partial charge in [-0.3, -0.25) is 0 Å². The molecule has 18 heavy (non-hydrogen) atoms. The lowest BCUT2D eigenvalue weighted by molar-refractivity contribution is 0.405. The minimum Gasteiger partial charge on any atom is -0.504 e. The highest BCUT2D eigenvalue weighted by Gasteiger charge is 2.14. The molecular weight excluding hydrogens is 228 g/mol. The third-order valence-electron chi connectivity index (χ3n) is 3.04. The molecule has 0 unspecified atom stereocenters. The quantitative estimate of drug-likeness (QED) is 0.643. The summed E-state index contributed by atoms with van der Waals surface area (Å²) >= 11 is 0. The molecule has 0 saturated heterocycles. The van der Waals surface area contributed by atoms with Crippen molar-refractivity contribution in [3.05, 3.63) is 42.5 Å². The molecule has 0 atom stereocenters. The molecule has 1 heterocycles. The van der Waals surface area contributed by atoms with Crippen molar-refractivity contribution in [3.63, 3.8) is 0 Å². The van der Waals surface area contributed by atoms with E-state index in [0.29, 0.717) is 11.4 Å². The van der Waals surface area contributed by atoms with E-state index in [9.17, 15) is 10.2 Å². The van der Waals surface area contributed by atoms with Gasteiger partial charge in [0.2, 0.25) is 0 Å². The van der Waals surface area contributed by atoms with Crippen molar-refractivity contribution in [1.82, 2.24) is 9.55 Å². The topological polar surface area (TPSA) is 58.3 Å². The Morgan fingerprint density at radius 3 is 2.56 bits per heavy atom. The number of benzene rings is 2. The zero-order valence-electron chi connectivity index (χ0n) is 9.83. The van der Waals surface area contributed by atoms with E-state index in [1.807, 2.05) is 35.9 Å². The SMILES string of the molecule is Cn1c(-c2cccc(O)c2O)nc2ccccc21. The summed E-state index contributed by atoms with van der Waals surface area (Å²) in [5.74, 6) is 0.347. The van der Waals surface area contributed by atoms with Crippen molar-refractivity contribution < 1.29 is 10.2 Å². The number of aromatic nitrogens is 2. The van der Waals surface area contributed by atoms with Gasteiger partial charge in [0.05, 0.1) is 16.6 Å². The highest BCUT2D eigenvalue weighted by Crippen LogP contribution is 2.36. The molecule has 2 N–H and O–H groups in total. The predicted octanol–water partition coefficient (Wildman–Crippen LogP) is 2.65. The van der Waals surface area contributed by atoms with E-state index >= 15 is 0 Å². The number of hydrogen-bond donors (Lipinski definition) is 2. The van der Waals surface area contributed by atoms with E-state index in [1.165, 1.54) is 6.07 Å². The third kappa shape index (κ3) is 1.43. The van der Waals surface area contributed by atoms with Crippen LogP contribution < -0.4 is 0 Å². The Labute approximate surface area is 104 Å². The van der Waals surface area contributed by atoms with Crippen LogP contribution in [0.25, 0.3) is 22.4 Å². The number of imidazole rings is 1. The second-order valence-electron chi connectivity index (χ2n) is 4.16. The molecule has 0 radical (unpaired) electrons. The van der Waals surface area contributed by atoms with E-state index in [0.717, 1.165) is 11.0 Å². The molecule has 0 spiro atoms. The fraction of sp³-hybridized carbons (Fsp3) is 0.0714. The van der Waals surface area contributed by atoms with Crippen LogP contribution in [0.3, 0.4) is 0 Å². The predicted molar refractivity (Wildman–Crippen MR) is 69.5 cm³/mol. The van der Waals surface area contributed by atoms with Crippen LogP contribution in [-0.4, -0.2) is 19.8 Å². The minimum absolute atomic E-state index is 0.139. The molecule has 4 heteroatoms. The number of aromatic hydroxyl groups is 2. The first-order chi connectivity index (χ1) is 8.68. The second-order valence-corrected chi connectivity index (χ2v) is 4.16. The maximum Gasteiger partial charge on any atom is 0.168 e. The summed E-state index contributed by atoms with van der Waals surface area (Å²) in [4.78, 5) is 4.48. The van der Waals surface area contributed by atoms with Crippen molar-refractivity contribution >= 4 is 11.0 Å². The van der Waals surface area contributed by atoms with Crippen molar-refractivity contribution in [1.29, 1.82) is 0 Å². The van der Waals surface area contributed by atoms with Crippen LogP contribution in [-0.2, 0) is 7.05 Å². The molecule has 0 aliphatic carbocycles. The van der Waals surface area contributed by atoms with Gasteiger partial charge in [-0.05, 0) is 24.3 Å². The van der Waals surface area contributed by atoms with E-state index in [2.05, 4.69) is 4.98 Å². The van der Waals surface area contributed by atoms with Crippen LogP contribution in [0.5, 0.6) is 11.5 Å². The van der Waals surface area contributed by atoms with Crippen molar-refractivity contribution in [2.75, 3.05) is 0 Å². The third-order valence-corrected chi connectivity index (χ3v) is 3.04. The van der Waals surface area contributed by atoms with Crippen LogP contribution in [0, 0.1) is 0 Å². The Kier molecular flexibility index (Phi) is 2.23. The number of rotatable bonds is 1. The molecule has 2 aromatic carbocycles. The first-order valence-corrected chi connectivity index (χ1v) is 5.61. The molecule has 3 aromatic rings. The van der Waals surface area contributed by atoms with Crippen LogP contribution in [0.1, 0.15) is 0 Å². The smallest absolute Gasteiger partial charge is 0.168 e. The van der Waals surface area contributed by atoms with Gasteiger partial charge in [-0.1, -0.05) is 18.2 Å². The fourth-order valence-electron chi connectivity index (χ4n) is 2.10. The molecule has 1 aromatic heterocycles. The summed E-state index contributed by atoms with van der Waals surface area (Å²) < 4.78 is 1.89. The normalized spacial score (nSPS) is 10.9. The van der Waals surface area contributed by atoms with Gasteiger partial charge in [-0.2, -0.15) is 0 Å². The Balaban J connectivity index is 2.32. The molecule has 3 rings (SSSR count). The monoisotopic (exact) mass is 240 g/mol. The van der Waals surface area contributed by atoms with Crippen molar-refractivity contribution in [2.45, 2.75) is 0 Å². The van der Waals surface area contributed by atoms with Crippen LogP contribution in [0.2, 0.25) is 0 Å². The number of fused-ring (bicyclic) bond motifs is 1. The van der Waals surface area contributed by atoms with E-state index in [-0.39, 0.29) is 11.5 Å². The van der Waals surface area contributed by atoms with Crippen molar-refractivity contribution in [3.8, 4) is 22.9 Å². The number of phenols is 2. The average molecular weight is 240 g/mol. The van der Waals surface area contributed by atoms with Crippen LogP contribution in [0.15, 0.2) is 42.5 Å². The summed E-state index contributed by atoms with van der Waals surface area (Å²) in [7, 11) is 1.88. The number of para-hydroxylation sites is 3. The standard InChI is InChI=1S/C14H12N2O2/c1-16-11-7-3-2-6-10(11)15-14(16)9-5-4-8-12(17)13(9)18/h2-8,17-18H,1H3. The summed E-state index contributed by atoms with van der Waals surface area (Å²) in [6.07, 6.45) is 0. The maximum absolute atomic E-state index is 9.90. The largest absolute Gasteiger partial charge is 0.504 e. The van der Waals surface area contributed by atoms with Gasteiger partial charge in [-0.25, -0.2) is 4.98 Å². The Hall–Kier alpha value is -2.49. The molecule has 90 valence electrons. The summed E-state index contributed by atoms with van der Waals surface area (Å²) in [6.45, 7) is 0. The average Bonchev–Trinajstić information content (AvgIpc) is 2.71. The van der Waals surface area contributed by atoms with Gasteiger partial charge in [-0.15, -0.1) is 0 Å². The molecule has 0 aliphatic heterocycles. The van der Waals surface area contributed by atoms with Gasteiger partial charge in [0.1, 0.15) is 5.82 Å². The van der Waals surface area contributed by atoms with Gasteiger partial charge >= 0.3 is 0 Å². The van der Waals surface area contributed by atoms with Crippen LogP contribution >= 0.6 is 0 Å². The Morgan fingerprint density at radius 1 is 1.00 bits per heavy atom. The van der Waals surface area contributed by atoms with Crippen LogP contribution in [0.4, 0.5) is 0 Å². The number of phenolic OH excluding ortho intramolecular Hbond substituents is 2. The van der Waals surface area contributed by atoms with E-state index < -0.39 is 0 Å². The lowest BCUT2D eigenvalue weighted by Gasteiger charge is -2.06. The molecule has 0 saturated carbocycles. The molecular formula is C14H12N2O2. The van der Waals surface area contributed by atoms with Crippen molar-refractivity contribution in [2.24, 2.45) is 7.05 Å². The molecule has 4 nitrogen and oxygen atoms in total. The minimum atomic E-state index is -0.143. The number of hydrogen-bond acceptors (Lipinski definition) is 3. The van der Waals surface area contributed by atoms with Gasteiger partial charge in [0.15, 0.2) is 11.5 Å². The molecule has 0 aliphatic rings. The lowest BCUT2D eigenvalue weighted by atomic mass is 10.2. The van der Waals surface area contributed by atoms with Gasteiger partial charge in [0, 0.05) is 7.05 Å². The zero-order valence-corrected chi connectivity index (χ0v) is 9.83. The number of nitrogens with zero attached hydrogens (tertiary/aromatic N) is 2. The molecule has 0 bridgehead atoms. The lowest BCUT2D eigenvalue weighted by Crippen LogP contribution is -1.92. The van der Waals surface area contributed by atoms with E-state index in [4.69, 9.17) is 0 Å². The van der Waals surface area contributed by atoms with E-state index in [1.54, 1.807) is 12.1 Å². The first-order valence-electron chi connectivity index (χ1n) is 5.61. The second kappa shape index (κ2) is 3.77. The summed E-state index contributed by atoms with van der Waals surface area (Å²) in [6, 6.07) is 12.6. The number of aryl methyl sites for hydroxylation is 1. The first kappa shape index (κ1) is 10.7. The summed E-state index contributed by atoms with van der Waals surface area (Å²) in [5.41, 5.74) is 2.36. The van der Waals surface area contributed by atoms with Gasteiger partial charge < -0.3 is 14.8 Å². The fourth-order valence-corrected chi connectivity index (χ4v) is 2.10. The maximum atomic E-state index is 9.90. The Bertz CT molecular complexity index is 732. The Morgan fingerprint density at radius 2 is 1.78 bits per heavy atom. The highest BCUT2D eigenvalue weighted by atomic mass is 16.3. The highest BCUT2D eigenvalue weighted by molar-refractivity contribution is 5.82. The molecule has 0 amide bonds. The van der Waals surface area contributed by atoms with Gasteiger partial charge in [0.25, 0.3) is 0 Å². The zero-order chi connectivity index (χ0) is 12.7. The molecule has 0 fully saturated rings. The summed E-state index contributed by atoms with van der Waals surface area (Å²) in [5, 5.41) is 19.4.